The van der Waals surface area contributed by atoms with Gasteiger partial charge < -0.3 is 9.47 Å². The van der Waals surface area contributed by atoms with E-state index in [1.165, 1.54) is 6.92 Å². The van der Waals surface area contributed by atoms with Crippen molar-refractivity contribution in [1.29, 1.82) is 5.26 Å². The molecule has 0 saturated carbocycles. The molecule has 76 valence electrons. The van der Waals surface area contributed by atoms with Crippen LogP contribution in [0, 0.1) is 11.3 Å². The molecule has 0 N–H and O–H groups in total. The topological polar surface area (TPSA) is 59.3 Å². The molecule has 0 saturated heterocycles. The Morgan fingerprint density at radius 1 is 1.47 bits per heavy atom. The molecule has 0 spiro atoms. The van der Waals surface area contributed by atoms with Crippen molar-refractivity contribution in [2.45, 2.75) is 12.8 Å². The van der Waals surface area contributed by atoms with Crippen molar-refractivity contribution in [1.82, 2.24) is 0 Å². The summed E-state index contributed by atoms with van der Waals surface area (Å²) in [6, 6.07) is 7.07. The summed E-state index contributed by atoms with van der Waals surface area (Å²) in [4.78, 5) is 11.2. The molecular weight excluding hydrogens is 194 g/mol. The lowest BCUT2D eigenvalue weighted by atomic mass is 9.97. The largest absolute Gasteiger partial charge is 0.454 e. The van der Waals surface area contributed by atoms with Crippen molar-refractivity contribution < 1.29 is 14.3 Å². The average molecular weight is 203 g/mol. The number of benzene rings is 1. The van der Waals surface area contributed by atoms with Crippen LogP contribution in [0.3, 0.4) is 0 Å². The fourth-order valence-electron chi connectivity index (χ4n) is 1.49. The first-order chi connectivity index (χ1) is 7.22. The number of nitrogens with zero attached hydrogens (tertiary/aromatic N) is 1. The van der Waals surface area contributed by atoms with Crippen LogP contribution in [0.25, 0.3) is 0 Å². The normalized spacial score (nSPS) is 14.4. The van der Waals surface area contributed by atoms with Crippen LogP contribution in [-0.2, 0) is 4.79 Å². The molecule has 15 heavy (non-hydrogen) atoms. The maximum absolute atomic E-state index is 11.2. The van der Waals surface area contributed by atoms with Crippen LogP contribution in [0.1, 0.15) is 18.4 Å². The smallest absolute Gasteiger partial charge is 0.231 e. The number of ketones is 1. The van der Waals surface area contributed by atoms with E-state index in [0.29, 0.717) is 17.1 Å². The van der Waals surface area contributed by atoms with Crippen LogP contribution in [0.15, 0.2) is 18.2 Å². The summed E-state index contributed by atoms with van der Waals surface area (Å²) in [7, 11) is 0. The quantitative estimate of drug-likeness (QED) is 0.732. The third-order valence-corrected chi connectivity index (χ3v) is 2.27. The Morgan fingerprint density at radius 3 is 2.87 bits per heavy atom. The molecule has 0 fully saturated rings. The highest BCUT2D eigenvalue weighted by Gasteiger charge is 2.20. The molecule has 1 aliphatic heterocycles. The van der Waals surface area contributed by atoms with E-state index in [1.54, 1.807) is 18.2 Å². The molecule has 0 amide bonds. The molecule has 0 aliphatic carbocycles. The van der Waals surface area contributed by atoms with Crippen molar-refractivity contribution in [3.63, 3.8) is 0 Å². The third kappa shape index (κ3) is 1.64. The van der Waals surface area contributed by atoms with Crippen molar-refractivity contribution in [2.24, 2.45) is 0 Å². The second kappa shape index (κ2) is 3.62. The van der Waals surface area contributed by atoms with Crippen molar-refractivity contribution in [2.75, 3.05) is 6.79 Å². The first-order valence-corrected chi connectivity index (χ1v) is 4.52. The Hall–Kier alpha value is -2.02. The molecule has 2 rings (SSSR count). The van der Waals surface area contributed by atoms with Gasteiger partial charge in [0.25, 0.3) is 0 Å². The summed E-state index contributed by atoms with van der Waals surface area (Å²) in [5, 5.41) is 8.86. The van der Waals surface area contributed by atoms with E-state index < -0.39 is 5.92 Å². The summed E-state index contributed by atoms with van der Waals surface area (Å²) in [6.07, 6.45) is 0. The first kappa shape index (κ1) is 9.53. The Balaban J connectivity index is 2.38. The minimum atomic E-state index is -0.723. The van der Waals surface area contributed by atoms with Crippen LogP contribution in [0.4, 0.5) is 0 Å². The van der Waals surface area contributed by atoms with Crippen LogP contribution >= 0.6 is 0 Å². The number of hydrogen-bond acceptors (Lipinski definition) is 4. The summed E-state index contributed by atoms with van der Waals surface area (Å²) < 4.78 is 10.3. The Morgan fingerprint density at radius 2 is 2.20 bits per heavy atom. The zero-order chi connectivity index (χ0) is 10.8. The number of Topliss-reactive ketones (excluding diaryl/α,β-unsaturated/α-hetero) is 1. The molecule has 4 heteroatoms. The summed E-state index contributed by atoms with van der Waals surface area (Å²) in [5.74, 6) is 0.351. The number of hydrogen-bond donors (Lipinski definition) is 0. The van der Waals surface area contributed by atoms with Gasteiger partial charge in [-0.1, -0.05) is 6.07 Å². The summed E-state index contributed by atoms with van der Waals surface area (Å²) >= 11 is 0. The number of carbonyl (C=O) groups is 1. The molecule has 0 radical (unpaired) electrons. The molecule has 1 aromatic rings. The SMILES string of the molecule is CC(=O)[C@H](C#N)c1ccc2c(c1)OCO2. The van der Waals surface area contributed by atoms with Gasteiger partial charge in [-0.2, -0.15) is 5.26 Å². The van der Waals surface area contributed by atoms with E-state index in [-0.39, 0.29) is 12.6 Å². The zero-order valence-electron chi connectivity index (χ0n) is 8.19. The molecule has 4 nitrogen and oxygen atoms in total. The van der Waals surface area contributed by atoms with Gasteiger partial charge in [0.15, 0.2) is 17.3 Å². The molecule has 1 aliphatic rings. The van der Waals surface area contributed by atoms with Crippen LogP contribution in [0.5, 0.6) is 11.5 Å². The van der Waals surface area contributed by atoms with Gasteiger partial charge in [-0.15, -0.1) is 0 Å². The minimum absolute atomic E-state index is 0.170. The lowest BCUT2D eigenvalue weighted by Gasteiger charge is -2.05. The number of ether oxygens (including phenoxy) is 2. The zero-order valence-corrected chi connectivity index (χ0v) is 8.19. The maximum Gasteiger partial charge on any atom is 0.231 e. The molecule has 0 unspecified atom stereocenters. The van der Waals surface area contributed by atoms with Gasteiger partial charge in [0.2, 0.25) is 6.79 Å². The van der Waals surface area contributed by atoms with Gasteiger partial charge in [0.1, 0.15) is 5.92 Å². The summed E-state index contributed by atoms with van der Waals surface area (Å²) in [5.41, 5.74) is 0.647. The molecule has 1 atom stereocenters. The monoisotopic (exact) mass is 203 g/mol. The van der Waals surface area contributed by atoms with Crippen molar-refractivity contribution >= 4 is 5.78 Å². The fraction of sp³-hybridized carbons (Fsp3) is 0.273. The second-order valence-electron chi connectivity index (χ2n) is 3.29. The van der Waals surface area contributed by atoms with Gasteiger partial charge in [-0.25, -0.2) is 0 Å². The highest BCUT2D eigenvalue weighted by atomic mass is 16.7. The highest BCUT2D eigenvalue weighted by molar-refractivity contribution is 5.86. The Bertz CT molecular complexity index is 448. The predicted octanol–water partition coefficient (Wildman–Crippen LogP) is 1.61. The van der Waals surface area contributed by atoms with E-state index in [2.05, 4.69) is 0 Å². The molecule has 0 bridgehead atoms. The van der Waals surface area contributed by atoms with Crippen molar-refractivity contribution in [3.05, 3.63) is 23.8 Å². The van der Waals surface area contributed by atoms with Gasteiger partial charge in [-0.05, 0) is 24.6 Å². The predicted molar refractivity (Wildman–Crippen MR) is 51.6 cm³/mol. The highest BCUT2D eigenvalue weighted by Crippen LogP contribution is 2.34. The van der Waals surface area contributed by atoms with Crippen LogP contribution in [-0.4, -0.2) is 12.6 Å². The van der Waals surface area contributed by atoms with E-state index in [1.807, 2.05) is 6.07 Å². The minimum Gasteiger partial charge on any atom is -0.454 e. The average Bonchev–Trinajstić information content (AvgIpc) is 2.65. The molecule has 1 aromatic carbocycles. The Kier molecular flexibility index (Phi) is 2.30. The van der Waals surface area contributed by atoms with E-state index in [9.17, 15) is 4.79 Å². The molecule has 0 aromatic heterocycles. The number of fused-ring (bicyclic) bond motifs is 1. The first-order valence-electron chi connectivity index (χ1n) is 4.52. The number of rotatable bonds is 2. The van der Waals surface area contributed by atoms with Crippen molar-refractivity contribution in [3.8, 4) is 17.6 Å². The molecular formula is C11H9NO3. The lowest BCUT2D eigenvalue weighted by molar-refractivity contribution is -0.117. The molecule has 1 heterocycles. The maximum atomic E-state index is 11.2. The van der Waals surface area contributed by atoms with E-state index in [4.69, 9.17) is 14.7 Å². The standard InChI is InChI=1S/C11H9NO3/c1-7(13)9(5-12)8-2-3-10-11(4-8)15-6-14-10/h2-4,9H,6H2,1H3/t9-/m0/s1. The van der Waals surface area contributed by atoms with Gasteiger partial charge in [-0.3, -0.25) is 4.79 Å². The number of nitriles is 1. The van der Waals surface area contributed by atoms with E-state index >= 15 is 0 Å². The van der Waals surface area contributed by atoms with Crippen LogP contribution in [0.2, 0.25) is 0 Å². The lowest BCUT2D eigenvalue weighted by Crippen LogP contribution is -2.05. The number of carbonyl (C=O) groups excluding carboxylic acids is 1. The fourth-order valence-corrected chi connectivity index (χ4v) is 1.49. The van der Waals surface area contributed by atoms with E-state index in [0.717, 1.165) is 0 Å². The summed E-state index contributed by atoms with van der Waals surface area (Å²) in [6.45, 7) is 1.59. The van der Waals surface area contributed by atoms with Gasteiger partial charge in [0.05, 0.1) is 6.07 Å². The second-order valence-corrected chi connectivity index (χ2v) is 3.29. The van der Waals surface area contributed by atoms with Crippen LogP contribution < -0.4 is 9.47 Å². The van der Waals surface area contributed by atoms with Gasteiger partial charge in [0, 0.05) is 0 Å². The van der Waals surface area contributed by atoms with Gasteiger partial charge >= 0.3 is 0 Å². The third-order valence-electron chi connectivity index (χ3n) is 2.27. The Labute approximate surface area is 87.0 Å².